The summed E-state index contributed by atoms with van der Waals surface area (Å²) in [5.74, 6) is 0.738. The fraction of sp³-hybridized carbons (Fsp3) is 0.611. The Bertz CT molecular complexity index is 538. The molecule has 2 aliphatic rings. The van der Waals surface area contributed by atoms with E-state index in [0.717, 1.165) is 37.9 Å². The molecule has 0 aromatic heterocycles. The zero-order valence-corrected chi connectivity index (χ0v) is 13.3. The maximum atomic E-state index is 12.8. The molecule has 1 aliphatic heterocycles. The molecular weight excluding hydrogens is 278 g/mol. The summed E-state index contributed by atoms with van der Waals surface area (Å²) in [5.41, 5.74) is 0.304. The highest BCUT2D eigenvalue weighted by atomic mass is 16.5. The van der Waals surface area contributed by atoms with Gasteiger partial charge in [-0.15, -0.1) is 0 Å². The van der Waals surface area contributed by atoms with Crippen LogP contribution in [0.3, 0.4) is 0 Å². The molecule has 1 saturated heterocycles. The second-order valence-corrected chi connectivity index (χ2v) is 7.04. The molecule has 0 bridgehead atoms. The van der Waals surface area contributed by atoms with Crippen LogP contribution in [-0.4, -0.2) is 29.8 Å². The first kappa shape index (κ1) is 15.3. The van der Waals surface area contributed by atoms with E-state index in [1.165, 1.54) is 0 Å². The monoisotopic (exact) mass is 303 g/mol. The van der Waals surface area contributed by atoms with Crippen molar-refractivity contribution in [3.8, 4) is 5.75 Å². The molecule has 0 spiro atoms. The number of fused-ring (bicyclic) bond motifs is 1. The topological polar surface area (TPSA) is 58.6 Å². The molecule has 1 saturated carbocycles. The molecule has 1 aliphatic carbocycles. The third-order valence-corrected chi connectivity index (χ3v) is 5.25. The van der Waals surface area contributed by atoms with Crippen LogP contribution in [0.5, 0.6) is 5.75 Å². The van der Waals surface area contributed by atoms with Crippen molar-refractivity contribution in [1.29, 1.82) is 0 Å². The van der Waals surface area contributed by atoms with E-state index in [2.05, 4.69) is 5.32 Å². The minimum absolute atomic E-state index is 0.0516. The molecule has 2 N–H and O–H groups in total. The number of phenols is 1. The average molecular weight is 303 g/mol. The number of hydrogen-bond donors (Lipinski definition) is 2. The van der Waals surface area contributed by atoms with Gasteiger partial charge in [-0.2, -0.15) is 0 Å². The number of nitrogens with one attached hydrogen (secondary N) is 1. The summed E-state index contributed by atoms with van der Waals surface area (Å²) in [7, 11) is 0. The Morgan fingerprint density at radius 1 is 1.23 bits per heavy atom. The number of ether oxygens (including phenoxy) is 1. The number of amides is 1. The summed E-state index contributed by atoms with van der Waals surface area (Å²) in [4.78, 5) is 12.8. The van der Waals surface area contributed by atoms with Crippen LogP contribution in [0.2, 0.25) is 0 Å². The summed E-state index contributed by atoms with van der Waals surface area (Å²) in [6.45, 7) is 4.68. The molecule has 0 radical (unpaired) electrons. The first-order valence-electron chi connectivity index (χ1n) is 8.20. The van der Waals surface area contributed by atoms with Crippen LogP contribution in [0.1, 0.15) is 45.1 Å². The van der Waals surface area contributed by atoms with Crippen LogP contribution >= 0.6 is 0 Å². The number of phenolic OH excluding ortho intramolecular Hbond substituents is 1. The molecule has 2 fully saturated rings. The third kappa shape index (κ3) is 2.84. The van der Waals surface area contributed by atoms with Crippen LogP contribution < -0.4 is 5.32 Å². The summed E-state index contributed by atoms with van der Waals surface area (Å²) in [6.07, 6.45) is 4.66. The van der Waals surface area contributed by atoms with E-state index >= 15 is 0 Å². The molecule has 22 heavy (non-hydrogen) atoms. The third-order valence-electron chi connectivity index (χ3n) is 5.25. The molecule has 1 aromatic rings. The first-order valence-corrected chi connectivity index (χ1v) is 8.20. The van der Waals surface area contributed by atoms with E-state index in [1.807, 2.05) is 26.0 Å². The van der Waals surface area contributed by atoms with Gasteiger partial charge in [0.25, 0.3) is 0 Å². The van der Waals surface area contributed by atoms with Gasteiger partial charge < -0.3 is 15.2 Å². The number of carbonyl (C=O) groups is 1. The maximum absolute atomic E-state index is 12.8. The fourth-order valence-electron chi connectivity index (χ4n) is 3.71. The molecule has 3 rings (SSSR count). The Kier molecular flexibility index (Phi) is 4.13. The Hall–Kier alpha value is -1.55. The lowest BCUT2D eigenvalue weighted by atomic mass is 9.79. The van der Waals surface area contributed by atoms with Crippen molar-refractivity contribution in [2.45, 2.75) is 57.1 Å². The smallest absolute Gasteiger partial charge is 0.230 e. The predicted molar refractivity (Wildman–Crippen MR) is 84.8 cm³/mol. The van der Waals surface area contributed by atoms with Gasteiger partial charge in [-0.25, -0.2) is 0 Å². The van der Waals surface area contributed by atoms with Crippen LogP contribution in [0.25, 0.3) is 0 Å². The molecule has 4 nitrogen and oxygen atoms in total. The zero-order valence-electron chi connectivity index (χ0n) is 13.3. The standard InChI is InChI=1S/C18H25NO3/c1-18(2,12-6-8-13(20)9-7-12)17(21)19-15-4-3-5-16-14(15)10-11-22-16/h6-9,14-16,20H,3-5,10-11H2,1-2H3,(H,19,21). The Labute approximate surface area is 131 Å². The second kappa shape index (κ2) is 5.92. The second-order valence-electron chi connectivity index (χ2n) is 7.04. The minimum atomic E-state index is -0.611. The lowest BCUT2D eigenvalue weighted by Crippen LogP contribution is -2.50. The highest BCUT2D eigenvalue weighted by Crippen LogP contribution is 2.35. The predicted octanol–water partition coefficient (Wildman–Crippen LogP) is 2.74. The minimum Gasteiger partial charge on any atom is -0.508 e. The Morgan fingerprint density at radius 3 is 2.68 bits per heavy atom. The van der Waals surface area contributed by atoms with Crippen LogP contribution in [0, 0.1) is 5.92 Å². The number of carbonyl (C=O) groups excluding carboxylic acids is 1. The highest BCUT2D eigenvalue weighted by Gasteiger charge is 2.40. The Morgan fingerprint density at radius 2 is 1.95 bits per heavy atom. The Balaban J connectivity index is 1.71. The molecule has 1 heterocycles. The maximum Gasteiger partial charge on any atom is 0.230 e. The van der Waals surface area contributed by atoms with Gasteiger partial charge in [-0.1, -0.05) is 12.1 Å². The van der Waals surface area contributed by atoms with Crippen molar-refractivity contribution >= 4 is 5.91 Å². The summed E-state index contributed by atoms with van der Waals surface area (Å²) in [6, 6.07) is 7.12. The van der Waals surface area contributed by atoms with Crippen LogP contribution in [0.15, 0.2) is 24.3 Å². The molecule has 1 amide bonds. The van der Waals surface area contributed by atoms with Gasteiger partial charge in [0.2, 0.25) is 5.91 Å². The zero-order chi connectivity index (χ0) is 15.7. The quantitative estimate of drug-likeness (QED) is 0.902. The molecule has 1 aromatic carbocycles. The molecular formula is C18H25NO3. The van der Waals surface area contributed by atoms with Crippen molar-refractivity contribution in [3.63, 3.8) is 0 Å². The normalized spacial score (nSPS) is 28.2. The van der Waals surface area contributed by atoms with Gasteiger partial charge >= 0.3 is 0 Å². The lowest BCUT2D eigenvalue weighted by molar-refractivity contribution is -0.127. The lowest BCUT2D eigenvalue weighted by Gasteiger charge is -2.35. The van der Waals surface area contributed by atoms with E-state index in [4.69, 9.17) is 4.74 Å². The van der Waals surface area contributed by atoms with Gasteiger partial charge in [0.1, 0.15) is 5.75 Å². The van der Waals surface area contributed by atoms with E-state index in [1.54, 1.807) is 12.1 Å². The van der Waals surface area contributed by atoms with Gasteiger partial charge in [0, 0.05) is 18.6 Å². The number of rotatable bonds is 3. The van der Waals surface area contributed by atoms with Crippen LogP contribution in [0.4, 0.5) is 0 Å². The first-order chi connectivity index (χ1) is 10.5. The van der Waals surface area contributed by atoms with E-state index in [0.29, 0.717) is 12.0 Å². The van der Waals surface area contributed by atoms with Gasteiger partial charge in [-0.05, 0) is 57.2 Å². The largest absolute Gasteiger partial charge is 0.508 e. The fourth-order valence-corrected chi connectivity index (χ4v) is 3.71. The molecule has 120 valence electrons. The molecule has 3 unspecified atom stereocenters. The van der Waals surface area contributed by atoms with E-state index < -0.39 is 5.41 Å². The van der Waals surface area contributed by atoms with Gasteiger partial charge in [-0.3, -0.25) is 4.79 Å². The van der Waals surface area contributed by atoms with Crippen molar-refractivity contribution in [2.24, 2.45) is 5.92 Å². The van der Waals surface area contributed by atoms with E-state index in [-0.39, 0.29) is 17.7 Å². The number of aromatic hydroxyl groups is 1. The number of benzene rings is 1. The van der Waals surface area contributed by atoms with Crippen molar-refractivity contribution < 1.29 is 14.6 Å². The average Bonchev–Trinajstić information content (AvgIpc) is 2.97. The van der Waals surface area contributed by atoms with Gasteiger partial charge in [0.15, 0.2) is 0 Å². The van der Waals surface area contributed by atoms with Crippen molar-refractivity contribution in [2.75, 3.05) is 6.61 Å². The van der Waals surface area contributed by atoms with Gasteiger partial charge in [0.05, 0.1) is 11.5 Å². The summed E-state index contributed by atoms with van der Waals surface area (Å²) < 4.78 is 5.77. The van der Waals surface area contributed by atoms with Crippen LogP contribution in [-0.2, 0) is 14.9 Å². The van der Waals surface area contributed by atoms with Crippen molar-refractivity contribution in [1.82, 2.24) is 5.32 Å². The SMILES string of the molecule is CC(C)(C(=O)NC1CCCC2OCCC12)c1ccc(O)cc1. The summed E-state index contributed by atoms with van der Waals surface area (Å²) >= 11 is 0. The highest BCUT2D eigenvalue weighted by molar-refractivity contribution is 5.87. The number of hydrogen-bond acceptors (Lipinski definition) is 3. The molecule has 3 atom stereocenters. The summed E-state index contributed by atoms with van der Waals surface area (Å²) in [5, 5.41) is 12.7. The molecule has 4 heteroatoms. The van der Waals surface area contributed by atoms with Crippen molar-refractivity contribution in [3.05, 3.63) is 29.8 Å². The van der Waals surface area contributed by atoms with E-state index in [9.17, 15) is 9.90 Å².